The van der Waals surface area contributed by atoms with Gasteiger partial charge in [0.05, 0.1) is 29.4 Å². The number of nitrogens with zero attached hydrogens (tertiary/aromatic N) is 3. The number of nitrogens with one attached hydrogen (secondary N) is 2. The number of rotatable bonds is 5. The molecular weight excluding hydrogens is 506 g/mol. The summed E-state index contributed by atoms with van der Waals surface area (Å²) < 4.78 is 11.3. The number of thiocarbonyl (C=S) groups is 1. The van der Waals surface area contributed by atoms with Crippen molar-refractivity contribution in [1.29, 1.82) is 0 Å². The lowest BCUT2D eigenvalue weighted by Crippen LogP contribution is -2.39. The Morgan fingerprint density at radius 3 is 2.61 bits per heavy atom. The van der Waals surface area contributed by atoms with Crippen molar-refractivity contribution in [3.63, 3.8) is 0 Å². The summed E-state index contributed by atoms with van der Waals surface area (Å²) >= 11 is 5.38. The maximum Gasteiger partial charge on any atom is 0.270 e. The van der Waals surface area contributed by atoms with Crippen LogP contribution in [0.4, 0.5) is 17.1 Å². The number of amides is 1. The van der Waals surface area contributed by atoms with E-state index in [2.05, 4.69) is 21.7 Å². The standard InChI is InChI=1S/C27H25N5O5S/c1-16-3-6-20(17(2)13-16)26-29-22-14-18(4-8-24(22)37-26)28-27(38)30-25(33)21-15-19(32(34)35)5-7-23(21)31-9-11-36-12-10-31/h3-8,13-15H,9-12H2,1-2H3,(H2,28,30,33,38). The number of non-ortho nitro benzene ring substituents is 1. The first-order valence-electron chi connectivity index (χ1n) is 12.0. The second kappa shape index (κ2) is 10.6. The van der Waals surface area contributed by atoms with E-state index < -0.39 is 10.8 Å². The number of hydrogen-bond donors (Lipinski definition) is 2. The number of carbonyl (C=O) groups is 1. The van der Waals surface area contributed by atoms with Gasteiger partial charge in [0, 0.05) is 36.5 Å². The second-order valence-corrected chi connectivity index (χ2v) is 9.39. The summed E-state index contributed by atoms with van der Waals surface area (Å²) in [5.74, 6) is -0.0285. The van der Waals surface area contributed by atoms with Gasteiger partial charge in [0.15, 0.2) is 10.7 Å². The summed E-state index contributed by atoms with van der Waals surface area (Å²) in [6.07, 6.45) is 0. The normalized spacial score (nSPS) is 13.4. The molecule has 1 fully saturated rings. The van der Waals surface area contributed by atoms with E-state index in [1.807, 2.05) is 30.9 Å². The highest BCUT2D eigenvalue weighted by atomic mass is 32.1. The Kier molecular flexibility index (Phi) is 7.03. The summed E-state index contributed by atoms with van der Waals surface area (Å²) in [7, 11) is 0. The van der Waals surface area contributed by atoms with Gasteiger partial charge in [0.25, 0.3) is 11.6 Å². The summed E-state index contributed by atoms with van der Waals surface area (Å²) in [5, 5.41) is 17.0. The summed E-state index contributed by atoms with van der Waals surface area (Å²) in [6.45, 7) is 6.20. The first-order valence-corrected chi connectivity index (χ1v) is 12.4. The molecule has 10 nitrogen and oxygen atoms in total. The van der Waals surface area contributed by atoms with Gasteiger partial charge in [-0.2, -0.15) is 0 Å². The van der Waals surface area contributed by atoms with Crippen LogP contribution < -0.4 is 15.5 Å². The third-order valence-corrected chi connectivity index (χ3v) is 6.48. The van der Waals surface area contributed by atoms with Gasteiger partial charge in [0.1, 0.15) is 5.52 Å². The lowest BCUT2D eigenvalue weighted by Gasteiger charge is -2.30. The van der Waals surface area contributed by atoms with Crippen LogP contribution in [0.15, 0.2) is 59.0 Å². The number of nitro benzene ring substituents is 1. The van der Waals surface area contributed by atoms with E-state index in [4.69, 9.17) is 21.4 Å². The van der Waals surface area contributed by atoms with Crippen LogP contribution in [-0.4, -0.2) is 47.2 Å². The monoisotopic (exact) mass is 531 g/mol. The van der Waals surface area contributed by atoms with Crippen molar-refractivity contribution in [2.45, 2.75) is 13.8 Å². The molecule has 0 unspecified atom stereocenters. The van der Waals surface area contributed by atoms with Gasteiger partial charge in [-0.3, -0.25) is 20.2 Å². The molecule has 1 saturated heterocycles. The fourth-order valence-electron chi connectivity index (χ4n) is 4.41. The number of aryl methyl sites for hydroxylation is 2. The van der Waals surface area contributed by atoms with Gasteiger partial charge in [-0.15, -0.1) is 0 Å². The third-order valence-electron chi connectivity index (χ3n) is 6.27. The van der Waals surface area contributed by atoms with E-state index >= 15 is 0 Å². The van der Waals surface area contributed by atoms with Crippen molar-refractivity contribution in [2.24, 2.45) is 0 Å². The van der Waals surface area contributed by atoms with Gasteiger partial charge in [-0.1, -0.05) is 17.7 Å². The zero-order valence-electron chi connectivity index (χ0n) is 20.8. The zero-order chi connectivity index (χ0) is 26.8. The minimum atomic E-state index is -0.549. The van der Waals surface area contributed by atoms with Crippen molar-refractivity contribution in [3.8, 4) is 11.5 Å². The quantitative estimate of drug-likeness (QED) is 0.208. The van der Waals surface area contributed by atoms with Crippen LogP contribution in [-0.2, 0) is 4.74 Å². The lowest BCUT2D eigenvalue weighted by atomic mass is 10.1. The van der Waals surface area contributed by atoms with Crippen LogP contribution in [0, 0.1) is 24.0 Å². The molecule has 0 aliphatic carbocycles. The molecule has 5 rings (SSSR count). The molecule has 2 heterocycles. The number of hydrogen-bond acceptors (Lipinski definition) is 8. The van der Waals surface area contributed by atoms with Crippen LogP contribution in [0.25, 0.3) is 22.6 Å². The van der Waals surface area contributed by atoms with Crippen LogP contribution in [0.5, 0.6) is 0 Å². The van der Waals surface area contributed by atoms with Gasteiger partial charge < -0.3 is 19.4 Å². The van der Waals surface area contributed by atoms with Gasteiger partial charge in [-0.25, -0.2) is 4.98 Å². The number of aromatic nitrogens is 1. The molecule has 1 aromatic heterocycles. The maximum absolute atomic E-state index is 13.2. The Balaban J connectivity index is 1.34. The molecule has 1 aliphatic heterocycles. The van der Waals surface area contributed by atoms with E-state index in [1.54, 1.807) is 24.3 Å². The largest absolute Gasteiger partial charge is 0.436 e. The topological polar surface area (TPSA) is 123 Å². The van der Waals surface area contributed by atoms with E-state index in [1.165, 1.54) is 12.1 Å². The molecule has 0 bridgehead atoms. The maximum atomic E-state index is 13.2. The minimum absolute atomic E-state index is 0.0480. The molecule has 1 amide bonds. The number of ether oxygens (including phenoxy) is 1. The molecule has 194 valence electrons. The van der Waals surface area contributed by atoms with Crippen molar-refractivity contribution < 1.29 is 18.9 Å². The number of nitro groups is 1. The van der Waals surface area contributed by atoms with Gasteiger partial charge in [-0.05, 0) is 62.0 Å². The average Bonchev–Trinajstić information content (AvgIpc) is 3.31. The fourth-order valence-corrected chi connectivity index (χ4v) is 4.62. The lowest BCUT2D eigenvalue weighted by molar-refractivity contribution is -0.384. The highest BCUT2D eigenvalue weighted by Crippen LogP contribution is 2.29. The first-order chi connectivity index (χ1) is 18.3. The van der Waals surface area contributed by atoms with Crippen molar-refractivity contribution in [2.75, 3.05) is 36.5 Å². The van der Waals surface area contributed by atoms with E-state index in [0.29, 0.717) is 54.7 Å². The van der Waals surface area contributed by atoms with E-state index in [0.717, 1.165) is 16.7 Å². The summed E-state index contributed by atoms with van der Waals surface area (Å²) in [4.78, 5) is 30.6. The zero-order valence-corrected chi connectivity index (χ0v) is 21.6. The number of benzene rings is 3. The molecule has 2 N–H and O–H groups in total. The van der Waals surface area contributed by atoms with Gasteiger partial charge in [0.2, 0.25) is 5.89 Å². The number of fused-ring (bicyclic) bond motifs is 1. The average molecular weight is 532 g/mol. The Morgan fingerprint density at radius 1 is 1.08 bits per heavy atom. The summed E-state index contributed by atoms with van der Waals surface area (Å²) in [5.41, 5.74) is 5.56. The molecule has 4 aromatic rings. The first kappa shape index (κ1) is 25.3. The van der Waals surface area contributed by atoms with Crippen LogP contribution in [0.1, 0.15) is 21.5 Å². The highest BCUT2D eigenvalue weighted by molar-refractivity contribution is 7.80. The Bertz CT molecular complexity index is 1560. The van der Waals surface area contributed by atoms with Crippen molar-refractivity contribution >= 4 is 51.4 Å². The van der Waals surface area contributed by atoms with Crippen LogP contribution in [0.3, 0.4) is 0 Å². The number of anilines is 2. The minimum Gasteiger partial charge on any atom is -0.436 e. The number of oxazole rings is 1. The fraction of sp³-hybridized carbons (Fsp3) is 0.222. The molecule has 0 atom stereocenters. The molecule has 0 saturated carbocycles. The molecule has 1 aliphatic rings. The number of morpholine rings is 1. The smallest absolute Gasteiger partial charge is 0.270 e. The molecule has 3 aromatic carbocycles. The Morgan fingerprint density at radius 2 is 1.87 bits per heavy atom. The second-order valence-electron chi connectivity index (χ2n) is 8.99. The molecule has 11 heteroatoms. The predicted octanol–water partition coefficient (Wildman–Crippen LogP) is 4.98. The molecule has 0 spiro atoms. The molecule has 38 heavy (non-hydrogen) atoms. The molecular formula is C27H25N5O5S. The van der Waals surface area contributed by atoms with Gasteiger partial charge >= 0.3 is 0 Å². The van der Waals surface area contributed by atoms with Crippen LogP contribution >= 0.6 is 12.2 Å². The predicted molar refractivity (Wildman–Crippen MR) is 149 cm³/mol. The third kappa shape index (κ3) is 5.34. The highest BCUT2D eigenvalue weighted by Gasteiger charge is 2.23. The van der Waals surface area contributed by atoms with E-state index in [-0.39, 0.29) is 16.4 Å². The molecule has 0 radical (unpaired) electrons. The van der Waals surface area contributed by atoms with Crippen molar-refractivity contribution in [3.05, 3.63) is 81.4 Å². The van der Waals surface area contributed by atoms with Crippen molar-refractivity contribution in [1.82, 2.24) is 10.3 Å². The summed E-state index contributed by atoms with van der Waals surface area (Å²) in [6, 6.07) is 15.6. The number of carbonyl (C=O) groups excluding carboxylic acids is 1. The SMILES string of the molecule is Cc1ccc(-c2nc3cc(NC(=S)NC(=O)c4cc([N+](=O)[O-])ccc4N4CCOCC4)ccc3o2)c(C)c1. The Labute approximate surface area is 223 Å². The van der Waals surface area contributed by atoms with Crippen LogP contribution in [0.2, 0.25) is 0 Å². The van der Waals surface area contributed by atoms with E-state index in [9.17, 15) is 14.9 Å². The Hall–Kier alpha value is -4.35.